The lowest BCUT2D eigenvalue weighted by atomic mass is 9.63. The van der Waals surface area contributed by atoms with Crippen LogP contribution in [0.3, 0.4) is 0 Å². The van der Waals surface area contributed by atoms with Crippen LogP contribution in [0.4, 0.5) is 5.69 Å². The van der Waals surface area contributed by atoms with Gasteiger partial charge in [0.25, 0.3) is 0 Å². The molecule has 0 spiro atoms. The van der Waals surface area contributed by atoms with Gasteiger partial charge in [0.15, 0.2) is 0 Å². The lowest BCUT2D eigenvalue weighted by Crippen LogP contribution is -2.52. The van der Waals surface area contributed by atoms with Crippen LogP contribution in [0.1, 0.15) is 31.2 Å². The molecule has 2 aromatic carbocycles. The number of nitrogens with one attached hydrogen (secondary N) is 1. The van der Waals surface area contributed by atoms with Crippen molar-refractivity contribution in [3.63, 3.8) is 0 Å². The summed E-state index contributed by atoms with van der Waals surface area (Å²) in [6.07, 6.45) is 4.21. The van der Waals surface area contributed by atoms with Crippen LogP contribution in [0.2, 0.25) is 0 Å². The molecule has 2 bridgehead atoms. The molecule has 1 saturated carbocycles. The minimum Gasteiger partial charge on any atom is -0.508 e. The first-order valence-corrected chi connectivity index (χ1v) is 9.01. The minimum absolute atomic E-state index is 0.0887. The Morgan fingerprint density at radius 1 is 1.16 bits per heavy atom. The fourth-order valence-corrected chi connectivity index (χ4v) is 4.35. The number of rotatable bonds is 3. The molecule has 130 valence electrons. The zero-order valence-corrected chi connectivity index (χ0v) is 14.7. The van der Waals surface area contributed by atoms with E-state index in [0.717, 1.165) is 37.9 Å². The minimum atomic E-state index is 0.0887. The molecule has 1 heterocycles. The SMILES string of the molecule is CN1CCC2(c3cccc(O)c3)C/C(=N/Nc3ccccc3)CC1C2. The van der Waals surface area contributed by atoms with Gasteiger partial charge in [-0.05, 0) is 62.7 Å². The van der Waals surface area contributed by atoms with Crippen LogP contribution in [0, 0.1) is 0 Å². The highest BCUT2D eigenvalue weighted by atomic mass is 16.3. The van der Waals surface area contributed by atoms with Crippen molar-refractivity contribution < 1.29 is 5.11 Å². The maximum absolute atomic E-state index is 9.95. The number of hydrazone groups is 1. The lowest BCUT2D eigenvalue weighted by molar-refractivity contribution is 0.110. The van der Waals surface area contributed by atoms with Crippen molar-refractivity contribution >= 4 is 11.4 Å². The molecular weight excluding hydrogens is 310 g/mol. The molecule has 1 saturated heterocycles. The molecule has 2 aromatic rings. The van der Waals surface area contributed by atoms with Crippen LogP contribution in [0.5, 0.6) is 5.75 Å². The number of benzene rings is 2. The first-order valence-electron chi connectivity index (χ1n) is 9.01. The third-order valence-electron chi connectivity index (χ3n) is 5.78. The van der Waals surface area contributed by atoms with Crippen molar-refractivity contribution in [3.05, 3.63) is 60.2 Å². The Labute approximate surface area is 149 Å². The van der Waals surface area contributed by atoms with E-state index in [2.05, 4.69) is 23.4 Å². The molecule has 4 nitrogen and oxygen atoms in total. The maximum Gasteiger partial charge on any atom is 0.115 e. The fourth-order valence-electron chi connectivity index (χ4n) is 4.35. The summed E-state index contributed by atoms with van der Waals surface area (Å²) in [5, 5.41) is 14.7. The molecule has 25 heavy (non-hydrogen) atoms. The largest absolute Gasteiger partial charge is 0.508 e. The highest BCUT2D eigenvalue weighted by Crippen LogP contribution is 2.46. The summed E-state index contributed by atoms with van der Waals surface area (Å²) in [5.74, 6) is 0.355. The number of phenolic OH excluding ortho intramolecular Hbond substituents is 1. The maximum atomic E-state index is 9.95. The normalized spacial score (nSPS) is 28.0. The Kier molecular flexibility index (Phi) is 4.22. The van der Waals surface area contributed by atoms with E-state index >= 15 is 0 Å². The standard InChI is InChI=1S/C21H25N3O/c1-24-11-10-21(16-6-5-9-20(25)12-16)14-18(13-19(24)15-21)23-22-17-7-3-2-4-8-17/h2-9,12,19,22,25H,10-11,13-15H2,1H3/b23-18+. The molecule has 2 atom stereocenters. The summed E-state index contributed by atoms with van der Waals surface area (Å²) in [7, 11) is 2.21. The van der Waals surface area contributed by atoms with Gasteiger partial charge < -0.3 is 10.0 Å². The second kappa shape index (κ2) is 6.52. The number of hydrogen-bond acceptors (Lipinski definition) is 4. The van der Waals surface area contributed by atoms with Crippen molar-refractivity contribution in [1.82, 2.24) is 4.90 Å². The van der Waals surface area contributed by atoms with Gasteiger partial charge in [-0.3, -0.25) is 5.43 Å². The number of likely N-dealkylation sites (tertiary alicyclic amines) is 1. The third-order valence-corrected chi connectivity index (χ3v) is 5.78. The van der Waals surface area contributed by atoms with Gasteiger partial charge in [0.2, 0.25) is 0 Å². The number of aromatic hydroxyl groups is 1. The van der Waals surface area contributed by atoms with E-state index in [4.69, 9.17) is 5.10 Å². The van der Waals surface area contributed by atoms with E-state index in [1.807, 2.05) is 42.5 Å². The molecule has 0 aromatic heterocycles. The van der Waals surface area contributed by atoms with E-state index in [1.165, 1.54) is 11.3 Å². The average molecular weight is 335 g/mol. The number of nitrogens with zero attached hydrogens (tertiary/aromatic N) is 2. The molecule has 2 unspecified atom stereocenters. The molecule has 2 aliphatic rings. The third kappa shape index (κ3) is 3.27. The topological polar surface area (TPSA) is 47.9 Å². The smallest absolute Gasteiger partial charge is 0.115 e. The van der Waals surface area contributed by atoms with E-state index in [1.54, 1.807) is 6.07 Å². The van der Waals surface area contributed by atoms with E-state index in [0.29, 0.717) is 11.8 Å². The van der Waals surface area contributed by atoms with Crippen LogP contribution < -0.4 is 5.43 Å². The Morgan fingerprint density at radius 2 is 2.00 bits per heavy atom. The molecule has 0 radical (unpaired) electrons. The summed E-state index contributed by atoms with van der Waals surface area (Å²) in [4.78, 5) is 2.46. The predicted molar refractivity (Wildman–Crippen MR) is 102 cm³/mol. The highest BCUT2D eigenvalue weighted by Gasteiger charge is 2.45. The molecule has 1 aliphatic heterocycles. The van der Waals surface area contributed by atoms with Gasteiger partial charge in [-0.1, -0.05) is 30.3 Å². The van der Waals surface area contributed by atoms with Gasteiger partial charge in [-0.15, -0.1) is 0 Å². The van der Waals surface area contributed by atoms with E-state index in [-0.39, 0.29) is 5.41 Å². The van der Waals surface area contributed by atoms with Crippen LogP contribution in [-0.4, -0.2) is 35.4 Å². The van der Waals surface area contributed by atoms with E-state index < -0.39 is 0 Å². The first kappa shape index (κ1) is 16.2. The molecule has 4 rings (SSSR count). The van der Waals surface area contributed by atoms with Gasteiger partial charge in [0.05, 0.1) is 5.69 Å². The van der Waals surface area contributed by atoms with Crippen molar-refractivity contribution in [3.8, 4) is 5.75 Å². The molecule has 2 fully saturated rings. The van der Waals surface area contributed by atoms with Crippen molar-refractivity contribution in [1.29, 1.82) is 0 Å². The number of hydrogen-bond donors (Lipinski definition) is 2. The Morgan fingerprint density at radius 3 is 2.80 bits per heavy atom. The average Bonchev–Trinajstić information content (AvgIpc) is 2.64. The van der Waals surface area contributed by atoms with Crippen LogP contribution in [0.25, 0.3) is 0 Å². The van der Waals surface area contributed by atoms with Gasteiger partial charge in [-0.25, -0.2) is 0 Å². The number of phenols is 1. The van der Waals surface area contributed by atoms with Gasteiger partial charge >= 0.3 is 0 Å². The quantitative estimate of drug-likeness (QED) is 0.834. The summed E-state index contributed by atoms with van der Waals surface area (Å²) >= 11 is 0. The zero-order valence-electron chi connectivity index (χ0n) is 14.7. The van der Waals surface area contributed by atoms with Crippen molar-refractivity contribution in [2.24, 2.45) is 5.10 Å². The van der Waals surface area contributed by atoms with Crippen molar-refractivity contribution in [2.45, 2.75) is 37.1 Å². The summed E-state index contributed by atoms with van der Waals surface area (Å²) in [5.41, 5.74) is 6.79. The molecule has 1 aliphatic carbocycles. The summed E-state index contributed by atoms with van der Waals surface area (Å²) in [6, 6.07) is 18.4. The van der Waals surface area contributed by atoms with Crippen molar-refractivity contribution in [2.75, 3.05) is 19.0 Å². The predicted octanol–water partition coefficient (Wildman–Crippen LogP) is 3.99. The van der Waals surface area contributed by atoms with Gasteiger partial charge in [-0.2, -0.15) is 5.10 Å². The second-order valence-electron chi connectivity index (χ2n) is 7.46. The number of anilines is 1. The molecule has 2 N–H and O–H groups in total. The fraction of sp³-hybridized carbons (Fsp3) is 0.381. The Hall–Kier alpha value is -2.33. The van der Waals surface area contributed by atoms with Gasteiger partial charge in [0.1, 0.15) is 5.75 Å². The highest BCUT2D eigenvalue weighted by molar-refractivity contribution is 5.88. The summed E-state index contributed by atoms with van der Waals surface area (Å²) < 4.78 is 0. The summed E-state index contributed by atoms with van der Waals surface area (Å²) in [6.45, 7) is 1.10. The first-order chi connectivity index (χ1) is 12.1. The Balaban J connectivity index is 1.63. The number of fused-ring (bicyclic) bond motifs is 2. The molecular formula is C21H25N3O. The van der Waals surface area contributed by atoms with Gasteiger partial charge in [0, 0.05) is 23.6 Å². The number of para-hydroxylation sites is 1. The Bertz CT molecular complexity index is 774. The molecule has 0 amide bonds. The van der Waals surface area contributed by atoms with E-state index in [9.17, 15) is 5.11 Å². The van der Waals surface area contributed by atoms with Crippen LogP contribution in [0.15, 0.2) is 59.7 Å². The second-order valence-corrected chi connectivity index (χ2v) is 7.46. The lowest BCUT2D eigenvalue weighted by Gasteiger charge is -2.50. The molecule has 4 heteroatoms. The number of piperidine rings is 1. The monoisotopic (exact) mass is 335 g/mol. The zero-order chi connectivity index (χ0) is 17.3. The van der Waals surface area contributed by atoms with Crippen LogP contribution >= 0.6 is 0 Å². The van der Waals surface area contributed by atoms with Crippen LogP contribution in [-0.2, 0) is 5.41 Å².